The fourth-order valence-electron chi connectivity index (χ4n) is 3.47. The molecule has 1 atom stereocenters. The number of fused-ring (bicyclic) bond motifs is 1. The molecule has 156 valence electrons. The van der Waals surface area contributed by atoms with Gasteiger partial charge in [0, 0.05) is 17.6 Å². The van der Waals surface area contributed by atoms with E-state index in [0.29, 0.717) is 12.4 Å². The largest absolute Gasteiger partial charge is 0.329 e. The first-order chi connectivity index (χ1) is 13.9. The van der Waals surface area contributed by atoms with Crippen molar-refractivity contribution in [1.82, 2.24) is 19.1 Å². The van der Waals surface area contributed by atoms with E-state index in [4.69, 9.17) is 11.6 Å². The van der Waals surface area contributed by atoms with E-state index in [0.717, 1.165) is 25.9 Å². The highest BCUT2D eigenvalue weighted by atomic mass is 35.5. The molecule has 1 aromatic carbocycles. The Morgan fingerprint density at radius 1 is 1.28 bits per heavy atom. The van der Waals surface area contributed by atoms with E-state index in [-0.39, 0.29) is 28.3 Å². The van der Waals surface area contributed by atoms with Gasteiger partial charge in [-0.2, -0.15) is 0 Å². The van der Waals surface area contributed by atoms with E-state index in [1.54, 1.807) is 23.7 Å². The molecule has 3 rings (SSSR count). The first kappa shape index (κ1) is 21.3. The first-order valence-corrected chi connectivity index (χ1v) is 10.2. The standard InChI is InChI=1S/C20H25ClFN5O2/c1-4-6-10-26(5-2)12-16-23-18-17(19(28)24-20(29)25(18)3)27(16)11-13-14(21)8-7-9-15(13)22/h7-9H,4-6,10-12H2,1-3H3,(H,24,28,29)/p+1. The summed E-state index contributed by atoms with van der Waals surface area (Å²) in [5, 5.41) is 0.282. The summed E-state index contributed by atoms with van der Waals surface area (Å²) < 4.78 is 17.4. The van der Waals surface area contributed by atoms with E-state index in [9.17, 15) is 14.0 Å². The molecule has 2 heterocycles. The lowest BCUT2D eigenvalue weighted by atomic mass is 10.2. The number of quaternary nitrogens is 1. The normalized spacial score (nSPS) is 12.6. The molecule has 2 N–H and O–H groups in total. The van der Waals surface area contributed by atoms with Gasteiger partial charge in [0.15, 0.2) is 17.0 Å². The highest BCUT2D eigenvalue weighted by molar-refractivity contribution is 6.31. The van der Waals surface area contributed by atoms with Crippen molar-refractivity contribution >= 4 is 22.8 Å². The molecule has 3 aromatic rings. The van der Waals surface area contributed by atoms with Gasteiger partial charge in [0.2, 0.25) is 0 Å². The van der Waals surface area contributed by atoms with E-state index in [1.165, 1.54) is 15.5 Å². The van der Waals surface area contributed by atoms with E-state index >= 15 is 0 Å². The van der Waals surface area contributed by atoms with Crippen LogP contribution in [0.2, 0.25) is 5.02 Å². The number of aryl methyl sites for hydroxylation is 1. The Kier molecular flexibility index (Phi) is 6.54. The number of nitrogens with zero attached hydrogens (tertiary/aromatic N) is 3. The summed E-state index contributed by atoms with van der Waals surface area (Å²) in [7, 11) is 1.55. The zero-order valence-corrected chi connectivity index (χ0v) is 17.6. The molecule has 0 radical (unpaired) electrons. The third-order valence-corrected chi connectivity index (χ3v) is 5.61. The molecule has 0 spiro atoms. The minimum atomic E-state index is -0.541. The summed E-state index contributed by atoms with van der Waals surface area (Å²) in [5.41, 5.74) is -0.261. The van der Waals surface area contributed by atoms with Crippen LogP contribution in [-0.2, 0) is 20.1 Å². The van der Waals surface area contributed by atoms with Gasteiger partial charge < -0.3 is 9.47 Å². The second kappa shape index (κ2) is 8.92. The van der Waals surface area contributed by atoms with Crippen molar-refractivity contribution in [3.05, 3.63) is 61.3 Å². The molecule has 0 amide bonds. The third-order valence-electron chi connectivity index (χ3n) is 5.26. The number of benzene rings is 1. The summed E-state index contributed by atoms with van der Waals surface area (Å²) in [4.78, 5) is 32.9. The number of rotatable bonds is 8. The summed E-state index contributed by atoms with van der Waals surface area (Å²) >= 11 is 6.23. The van der Waals surface area contributed by atoms with Crippen LogP contribution in [0.4, 0.5) is 4.39 Å². The van der Waals surface area contributed by atoms with Crippen molar-refractivity contribution in [2.75, 3.05) is 13.1 Å². The SMILES string of the molecule is CCCC[NH+](CC)Cc1nc2c(c(=O)[nH]c(=O)n2C)n1Cc1c(F)cccc1Cl. The Morgan fingerprint density at radius 2 is 2.03 bits per heavy atom. The van der Waals surface area contributed by atoms with E-state index in [2.05, 4.69) is 23.8 Å². The quantitative estimate of drug-likeness (QED) is 0.577. The maximum absolute atomic E-state index is 14.4. The van der Waals surface area contributed by atoms with Crippen LogP contribution in [0.5, 0.6) is 0 Å². The Bertz CT molecular complexity index is 1110. The van der Waals surface area contributed by atoms with Gasteiger partial charge in [-0.05, 0) is 25.5 Å². The Morgan fingerprint density at radius 3 is 2.69 bits per heavy atom. The number of hydrogen-bond donors (Lipinski definition) is 2. The second-order valence-corrected chi connectivity index (χ2v) is 7.60. The molecule has 0 aliphatic rings. The number of nitrogens with one attached hydrogen (secondary N) is 2. The fraction of sp³-hybridized carbons (Fsp3) is 0.450. The molecule has 7 nitrogen and oxygen atoms in total. The molecule has 0 bridgehead atoms. The van der Waals surface area contributed by atoms with Crippen LogP contribution in [0.25, 0.3) is 11.2 Å². The van der Waals surface area contributed by atoms with E-state index in [1.807, 2.05) is 0 Å². The number of halogens is 2. The number of imidazole rings is 1. The molecule has 0 saturated heterocycles. The van der Waals surface area contributed by atoms with Crippen molar-refractivity contribution in [3.8, 4) is 0 Å². The van der Waals surface area contributed by atoms with Crippen LogP contribution in [0.15, 0.2) is 27.8 Å². The molecule has 0 aliphatic heterocycles. The van der Waals surface area contributed by atoms with Crippen LogP contribution in [0.1, 0.15) is 38.1 Å². The number of H-pyrrole nitrogens is 1. The lowest BCUT2D eigenvalue weighted by Gasteiger charge is -2.18. The van der Waals surface area contributed by atoms with Gasteiger partial charge in [-0.3, -0.25) is 14.3 Å². The van der Waals surface area contributed by atoms with Gasteiger partial charge in [-0.15, -0.1) is 0 Å². The first-order valence-electron chi connectivity index (χ1n) is 9.82. The van der Waals surface area contributed by atoms with Crippen LogP contribution in [0, 0.1) is 5.82 Å². The molecule has 1 unspecified atom stereocenters. The second-order valence-electron chi connectivity index (χ2n) is 7.19. The smallest absolute Gasteiger partial charge is 0.329 e. The number of aromatic amines is 1. The fourth-order valence-corrected chi connectivity index (χ4v) is 3.69. The van der Waals surface area contributed by atoms with Crippen LogP contribution >= 0.6 is 11.6 Å². The average molecular weight is 423 g/mol. The lowest BCUT2D eigenvalue weighted by Crippen LogP contribution is -3.10. The van der Waals surface area contributed by atoms with Crippen molar-refractivity contribution in [2.45, 2.75) is 39.8 Å². The monoisotopic (exact) mass is 422 g/mol. The molecule has 2 aromatic heterocycles. The number of aromatic nitrogens is 4. The summed E-state index contributed by atoms with van der Waals surface area (Å²) in [5.74, 6) is 0.177. The van der Waals surface area contributed by atoms with Crippen LogP contribution < -0.4 is 16.1 Å². The molecule has 9 heteroatoms. The summed E-state index contributed by atoms with van der Waals surface area (Å²) in [6.07, 6.45) is 2.15. The van der Waals surface area contributed by atoms with Crippen molar-refractivity contribution in [2.24, 2.45) is 7.05 Å². The van der Waals surface area contributed by atoms with Gasteiger partial charge in [0.25, 0.3) is 5.56 Å². The van der Waals surface area contributed by atoms with Crippen LogP contribution in [0.3, 0.4) is 0 Å². The average Bonchev–Trinajstić information content (AvgIpc) is 3.04. The lowest BCUT2D eigenvalue weighted by molar-refractivity contribution is -0.913. The molecular formula is C20H26ClFN5O2+. The maximum Gasteiger partial charge on any atom is 0.329 e. The highest BCUT2D eigenvalue weighted by Gasteiger charge is 2.22. The molecule has 29 heavy (non-hydrogen) atoms. The minimum absolute atomic E-state index is 0.0589. The van der Waals surface area contributed by atoms with Gasteiger partial charge >= 0.3 is 5.69 Å². The Balaban J connectivity index is 2.18. The van der Waals surface area contributed by atoms with Crippen molar-refractivity contribution in [3.63, 3.8) is 0 Å². The van der Waals surface area contributed by atoms with Crippen molar-refractivity contribution < 1.29 is 9.29 Å². The Hall–Kier alpha value is -2.45. The topological polar surface area (TPSA) is 77.1 Å². The maximum atomic E-state index is 14.4. The van der Waals surface area contributed by atoms with Gasteiger partial charge in [0.1, 0.15) is 12.4 Å². The third kappa shape index (κ3) is 4.28. The number of hydrogen-bond acceptors (Lipinski definition) is 3. The number of unbranched alkanes of at least 4 members (excludes halogenated alkanes) is 1. The molecule has 0 saturated carbocycles. The minimum Gasteiger partial charge on any atom is -0.329 e. The molecule has 0 aliphatic carbocycles. The summed E-state index contributed by atoms with van der Waals surface area (Å²) in [6.45, 7) is 6.70. The zero-order valence-electron chi connectivity index (χ0n) is 16.9. The molecular weight excluding hydrogens is 397 g/mol. The van der Waals surface area contributed by atoms with Gasteiger partial charge in [-0.1, -0.05) is 31.0 Å². The summed E-state index contributed by atoms with van der Waals surface area (Å²) in [6, 6.07) is 4.49. The van der Waals surface area contributed by atoms with E-state index < -0.39 is 17.1 Å². The van der Waals surface area contributed by atoms with Gasteiger partial charge in [0.05, 0.1) is 19.6 Å². The zero-order chi connectivity index (χ0) is 21.1. The molecule has 0 fully saturated rings. The predicted molar refractivity (Wildman–Crippen MR) is 111 cm³/mol. The highest BCUT2D eigenvalue weighted by Crippen LogP contribution is 2.22. The van der Waals surface area contributed by atoms with Crippen LogP contribution in [-0.4, -0.2) is 32.2 Å². The van der Waals surface area contributed by atoms with Crippen molar-refractivity contribution in [1.29, 1.82) is 0 Å². The Labute approximate surface area is 172 Å². The van der Waals surface area contributed by atoms with Gasteiger partial charge in [-0.25, -0.2) is 14.2 Å². The predicted octanol–water partition coefficient (Wildman–Crippen LogP) is 1.47.